The molecular formula is C16H25N5O. The lowest BCUT2D eigenvalue weighted by Crippen LogP contribution is -2.33. The Kier molecular flexibility index (Phi) is 4.57. The second-order valence-electron chi connectivity index (χ2n) is 6.10. The molecule has 2 N–H and O–H groups in total. The van der Waals surface area contributed by atoms with Gasteiger partial charge in [0.15, 0.2) is 0 Å². The molecule has 0 saturated carbocycles. The molecule has 120 valence electrons. The average molecular weight is 303 g/mol. The largest absolute Gasteiger partial charge is 0.356 e. The predicted octanol–water partition coefficient (Wildman–Crippen LogP) is 0.436. The van der Waals surface area contributed by atoms with Crippen LogP contribution in [0, 0.1) is 12.8 Å². The van der Waals surface area contributed by atoms with Crippen LogP contribution in [0.5, 0.6) is 0 Å². The summed E-state index contributed by atoms with van der Waals surface area (Å²) in [5, 5.41) is 6.36. The van der Waals surface area contributed by atoms with Crippen molar-refractivity contribution < 1.29 is 4.79 Å². The van der Waals surface area contributed by atoms with E-state index in [1.807, 2.05) is 13.8 Å². The highest BCUT2D eigenvalue weighted by Gasteiger charge is 2.31. The van der Waals surface area contributed by atoms with Crippen LogP contribution in [-0.2, 0) is 17.6 Å². The number of rotatable bonds is 3. The Morgan fingerprint density at radius 1 is 1.36 bits per heavy atom. The molecule has 22 heavy (non-hydrogen) atoms. The summed E-state index contributed by atoms with van der Waals surface area (Å²) in [6, 6.07) is 0. The van der Waals surface area contributed by atoms with E-state index < -0.39 is 0 Å². The van der Waals surface area contributed by atoms with E-state index in [4.69, 9.17) is 4.98 Å². The van der Waals surface area contributed by atoms with Gasteiger partial charge in [-0.25, -0.2) is 9.97 Å². The topological polar surface area (TPSA) is 70.2 Å². The molecule has 2 aliphatic heterocycles. The lowest BCUT2D eigenvalue weighted by Gasteiger charge is -2.22. The Morgan fingerprint density at radius 2 is 2.18 bits per heavy atom. The van der Waals surface area contributed by atoms with E-state index in [1.165, 1.54) is 11.3 Å². The Labute approximate surface area is 131 Å². The number of hydrogen-bond acceptors (Lipinski definition) is 5. The van der Waals surface area contributed by atoms with Gasteiger partial charge in [-0.2, -0.15) is 0 Å². The first-order valence-electron chi connectivity index (χ1n) is 8.28. The van der Waals surface area contributed by atoms with Gasteiger partial charge in [-0.15, -0.1) is 0 Å². The number of carbonyl (C=O) groups excluding carboxylic acids is 1. The molecule has 0 unspecified atom stereocenters. The van der Waals surface area contributed by atoms with Crippen molar-refractivity contribution >= 4 is 11.7 Å². The fourth-order valence-corrected chi connectivity index (χ4v) is 3.39. The molecule has 6 heteroatoms. The summed E-state index contributed by atoms with van der Waals surface area (Å²) < 4.78 is 0. The molecule has 0 spiro atoms. The second-order valence-corrected chi connectivity index (χ2v) is 6.10. The summed E-state index contributed by atoms with van der Waals surface area (Å²) in [5.41, 5.74) is 2.45. The minimum absolute atomic E-state index is 0.0785. The van der Waals surface area contributed by atoms with Crippen LogP contribution >= 0.6 is 0 Å². The number of aryl methyl sites for hydroxylation is 1. The van der Waals surface area contributed by atoms with E-state index in [1.54, 1.807) is 0 Å². The van der Waals surface area contributed by atoms with Crippen molar-refractivity contribution in [1.29, 1.82) is 0 Å². The summed E-state index contributed by atoms with van der Waals surface area (Å²) >= 11 is 0. The normalized spacial score (nSPS) is 21.4. The maximum Gasteiger partial charge on any atom is 0.224 e. The zero-order valence-corrected chi connectivity index (χ0v) is 13.5. The van der Waals surface area contributed by atoms with E-state index >= 15 is 0 Å². The van der Waals surface area contributed by atoms with Crippen molar-refractivity contribution in [3.63, 3.8) is 0 Å². The number of hydrogen-bond donors (Lipinski definition) is 2. The Hall–Kier alpha value is -1.69. The lowest BCUT2D eigenvalue weighted by molar-refractivity contribution is -0.124. The number of anilines is 1. The molecule has 0 radical (unpaired) electrons. The number of nitrogens with zero attached hydrogens (tertiary/aromatic N) is 3. The van der Waals surface area contributed by atoms with Gasteiger partial charge in [-0.05, 0) is 33.2 Å². The molecule has 0 aliphatic carbocycles. The molecule has 1 aromatic rings. The number of nitrogens with one attached hydrogen (secondary N) is 2. The number of aromatic nitrogens is 2. The molecule has 1 saturated heterocycles. The van der Waals surface area contributed by atoms with Crippen molar-refractivity contribution in [2.45, 2.75) is 33.1 Å². The molecule has 0 bridgehead atoms. The van der Waals surface area contributed by atoms with Crippen LogP contribution in [0.4, 0.5) is 5.82 Å². The van der Waals surface area contributed by atoms with Crippen LogP contribution in [0.1, 0.15) is 30.4 Å². The predicted molar refractivity (Wildman–Crippen MR) is 86.1 cm³/mol. The maximum absolute atomic E-state index is 12.1. The number of carbonyl (C=O) groups is 1. The number of fused-ring (bicyclic) bond motifs is 1. The second kappa shape index (κ2) is 6.60. The van der Waals surface area contributed by atoms with Crippen LogP contribution < -0.4 is 15.5 Å². The van der Waals surface area contributed by atoms with Crippen molar-refractivity contribution in [2.75, 3.05) is 37.6 Å². The Morgan fingerprint density at radius 3 is 3.00 bits per heavy atom. The first-order valence-corrected chi connectivity index (χ1v) is 8.28. The third-order valence-corrected chi connectivity index (χ3v) is 4.48. The Balaban J connectivity index is 1.83. The van der Waals surface area contributed by atoms with Gasteiger partial charge in [-0.3, -0.25) is 4.79 Å². The molecule has 6 nitrogen and oxygen atoms in total. The molecule has 1 amide bonds. The van der Waals surface area contributed by atoms with Gasteiger partial charge < -0.3 is 15.5 Å². The van der Waals surface area contributed by atoms with Gasteiger partial charge in [0.1, 0.15) is 11.6 Å². The van der Waals surface area contributed by atoms with Gasteiger partial charge >= 0.3 is 0 Å². The van der Waals surface area contributed by atoms with Gasteiger partial charge in [-0.1, -0.05) is 0 Å². The van der Waals surface area contributed by atoms with Crippen molar-refractivity contribution in [1.82, 2.24) is 20.6 Å². The van der Waals surface area contributed by atoms with Crippen molar-refractivity contribution in [3.8, 4) is 0 Å². The molecule has 3 heterocycles. The zero-order chi connectivity index (χ0) is 15.5. The summed E-state index contributed by atoms with van der Waals surface area (Å²) in [6.07, 6.45) is 2.83. The van der Waals surface area contributed by atoms with Crippen LogP contribution in [0.2, 0.25) is 0 Å². The summed E-state index contributed by atoms with van der Waals surface area (Å²) in [6.45, 7) is 8.23. The summed E-state index contributed by atoms with van der Waals surface area (Å²) in [4.78, 5) is 23.7. The summed E-state index contributed by atoms with van der Waals surface area (Å²) in [5.74, 6) is 2.13. The molecule has 3 rings (SSSR count). The molecule has 1 fully saturated rings. The monoisotopic (exact) mass is 303 g/mol. The van der Waals surface area contributed by atoms with Gasteiger partial charge in [0.25, 0.3) is 0 Å². The van der Waals surface area contributed by atoms with Crippen LogP contribution in [0.15, 0.2) is 0 Å². The smallest absolute Gasteiger partial charge is 0.224 e. The Bertz CT molecular complexity index is 560. The third-order valence-electron chi connectivity index (χ3n) is 4.48. The fourth-order valence-electron chi connectivity index (χ4n) is 3.39. The minimum Gasteiger partial charge on any atom is -0.356 e. The average Bonchev–Trinajstić information content (AvgIpc) is 2.87. The van der Waals surface area contributed by atoms with Crippen LogP contribution in [0.25, 0.3) is 0 Å². The minimum atomic E-state index is 0.0785. The van der Waals surface area contributed by atoms with Gasteiger partial charge in [0.2, 0.25) is 5.91 Å². The van der Waals surface area contributed by atoms with E-state index in [9.17, 15) is 4.79 Å². The molecule has 1 atom stereocenters. The van der Waals surface area contributed by atoms with Crippen molar-refractivity contribution in [3.05, 3.63) is 17.1 Å². The first-order chi connectivity index (χ1) is 10.7. The molecular weight excluding hydrogens is 278 g/mol. The molecule has 1 aromatic heterocycles. The van der Waals surface area contributed by atoms with Gasteiger partial charge in [0.05, 0.1) is 11.6 Å². The third kappa shape index (κ3) is 3.06. The van der Waals surface area contributed by atoms with Crippen LogP contribution in [0.3, 0.4) is 0 Å². The van der Waals surface area contributed by atoms with E-state index in [2.05, 4.69) is 20.5 Å². The lowest BCUT2D eigenvalue weighted by atomic mass is 10.1. The quantitative estimate of drug-likeness (QED) is 0.848. The summed E-state index contributed by atoms with van der Waals surface area (Å²) in [7, 11) is 0. The van der Waals surface area contributed by atoms with Gasteiger partial charge in [0, 0.05) is 38.2 Å². The van der Waals surface area contributed by atoms with E-state index in [0.29, 0.717) is 6.54 Å². The molecule has 2 aliphatic rings. The van der Waals surface area contributed by atoms with E-state index in [-0.39, 0.29) is 11.8 Å². The highest BCUT2D eigenvalue weighted by Crippen LogP contribution is 2.28. The first kappa shape index (κ1) is 15.2. The SMILES string of the molecule is CCNC(=O)[C@@H]1CCN(c2nc(C)nc3c2CCNCC3)C1. The van der Waals surface area contributed by atoms with Crippen LogP contribution in [-0.4, -0.2) is 48.6 Å². The van der Waals surface area contributed by atoms with E-state index in [0.717, 1.165) is 57.1 Å². The highest BCUT2D eigenvalue weighted by atomic mass is 16.1. The fraction of sp³-hybridized carbons (Fsp3) is 0.688. The van der Waals surface area contributed by atoms with Crippen molar-refractivity contribution in [2.24, 2.45) is 5.92 Å². The highest BCUT2D eigenvalue weighted by molar-refractivity contribution is 5.80. The number of amides is 1. The zero-order valence-electron chi connectivity index (χ0n) is 13.5. The standard InChI is InChI=1S/C16H25N5O/c1-3-18-16(22)12-6-9-21(10-12)15-13-4-7-17-8-5-14(13)19-11(2)20-15/h12,17H,3-10H2,1-2H3,(H,18,22)/t12-/m1/s1. The molecule has 0 aromatic carbocycles. The maximum atomic E-state index is 12.1.